The van der Waals surface area contributed by atoms with Crippen LogP contribution in [-0.4, -0.2) is 38.0 Å². The topological polar surface area (TPSA) is 87.7 Å². The average Bonchev–Trinajstić information content (AvgIpc) is 3.17. The van der Waals surface area contributed by atoms with Crippen molar-refractivity contribution in [1.82, 2.24) is 0 Å². The maximum absolute atomic E-state index is 15.3. The van der Waals surface area contributed by atoms with Crippen molar-refractivity contribution in [3.05, 3.63) is 59.7 Å². The third-order valence-electron chi connectivity index (χ3n) is 6.42. The van der Waals surface area contributed by atoms with Crippen molar-refractivity contribution in [2.24, 2.45) is 5.92 Å². The van der Waals surface area contributed by atoms with Gasteiger partial charge in [0.2, 0.25) is 8.41 Å². The Hall–Kier alpha value is -2.55. The molecule has 2 aliphatic heterocycles. The van der Waals surface area contributed by atoms with Crippen LogP contribution >= 0.6 is 0 Å². The van der Waals surface area contributed by atoms with Gasteiger partial charge in [-0.15, -0.1) is 0 Å². The third kappa shape index (κ3) is 3.58. The number of aliphatic hydroxyl groups is 1. The summed E-state index contributed by atoms with van der Waals surface area (Å²) in [5, 5.41) is 15.2. The molecule has 2 aromatic rings. The van der Waals surface area contributed by atoms with Gasteiger partial charge in [-0.1, -0.05) is 25.1 Å². The van der Waals surface area contributed by atoms with E-state index in [-0.39, 0.29) is 24.8 Å². The number of nitrogens with one attached hydrogen (secondary N) is 2. The van der Waals surface area contributed by atoms with Crippen molar-refractivity contribution in [1.29, 1.82) is 0 Å². The number of rotatable bonds is 5. The van der Waals surface area contributed by atoms with E-state index in [1.165, 1.54) is 0 Å². The van der Waals surface area contributed by atoms with E-state index in [9.17, 15) is 14.7 Å². The summed E-state index contributed by atoms with van der Waals surface area (Å²) in [7, 11) is -3.20. The molecule has 1 fully saturated rings. The van der Waals surface area contributed by atoms with Crippen LogP contribution < -0.4 is 10.6 Å². The Morgan fingerprint density at radius 1 is 1.26 bits per heavy atom. The molecule has 2 aliphatic rings. The summed E-state index contributed by atoms with van der Waals surface area (Å²) < 4.78 is 21.6. The number of aliphatic hydroxyl groups excluding tert-OH is 1. The minimum absolute atomic E-state index is 0.143. The first-order valence-corrected chi connectivity index (χ1v) is 13.4. The number of carbonyl (C=O) groups excluding carboxylic acids is 2. The van der Waals surface area contributed by atoms with Crippen LogP contribution in [-0.2, 0) is 15.1 Å². The second-order valence-electron chi connectivity index (χ2n) is 8.82. The third-order valence-corrected chi connectivity index (χ3v) is 8.88. The summed E-state index contributed by atoms with van der Waals surface area (Å²) in [5.41, 5.74) is 0.447. The minimum Gasteiger partial charge on any atom is -0.396 e. The molecule has 31 heavy (non-hydrogen) atoms. The highest BCUT2D eigenvalue weighted by atomic mass is 28.4. The molecule has 6 nitrogen and oxygen atoms in total. The number of hydrogen-bond acceptors (Lipinski definition) is 4. The van der Waals surface area contributed by atoms with Gasteiger partial charge in [-0.2, -0.15) is 0 Å². The molecule has 2 heterocycles. The number of amides is 2. The van der Waals surface area contributed by atoms with Crippen LogP contribution in [0.25, 0.3) is 0 Å². The van der Waals surface area contributed by atoms with Gasteiger partial charge in [0.05, 0.1) is 6.10 Å². The lowest BCUT2D eigenvalue weighted by molar-refractivity contribution is -0.143. The van der Waals surface area contributed by atoms with Gasteiger partial charge in [-0.05, 0) is 49.8 Å². The molecule has 1 spiro atoms. The van der Waals surface area contributed by atoms with Crippen LogP contribution in [0.2, 0.25) is 18.6 Å². The zero-order chi connectivity index (χ0) is 22.4. The van der Waals surface area contributed by atoms with E-state index in [1.54, 1.807) is 55.6 Å². The second-order valence-corrected chi connectivity index (χ2v) is 12.6. The summed E-state index contributed by atoms with van der Waals surface area (Å²) >= 11 is 0. The Kier molecular flexibility index (Phi) is 5.49. The van der Waals surface area contributed by atoms with E-state index in [0.717, 1.165) is 0 Å². The Morgan fingerprint density at radius 2 is 1.97 bits per heavy atom. The van der Waals surface area contributed by atoms with Gasteiger partial charge in [0.25, 0.3) is 11.8 Å². The molecule has 4 rings (SSSR count). The van der Waals surface area contributed by atoms with Gasteiger partial charge in [0.1, 0.15) is 0 Å². The zero-order valence-electron chi connectivity index (χ0n) is 17.8. The molecule has 0 saturated carbocycles. The van der Waals surface area contributed by atoms with Gasteiger partial charge in [0, 0.05) is 40.6 Å². The summed E-state index contributed by atoms with van der Waals surface area (Å²) in [4.78, 5) is 25.7. The molecule has 8 heteroatoms. The first kappa shape index (κ1) is 21.7. The number of halogens is 1. The molecule has 0 radical (unpaired) electrons. The van der Waals surface area contributed by atoms with Crippen LogP contribution in [0.15, 0.2) is 48.5 Å². The smallest absolute Gasteiger partial charge is 0.261 e. The van der Waals surface area contributed by atoms with E-state index in [2.05, 4.69) is 10.6 Å². The Labute approximate surface area is 182 Å². The maximum Gasteiger partial charge on any atom is 0.261 e. The van der Waals surface area contributed by atoms with Crippen LogP contribution in [0.1, 0.15) is 29.3 Å². The van der Waals surface area contributed by atoms with E-state index >= 15 is 4.11 Å². The van der Waals surface area contributed by atoms with Gasteiger partial charge in [-0.25, -0.2) is 0 Å². The molecule has 3 N–H and O–H groups in total. The lowest BCUT2D eigenvalue weighted by Crippen LogP contribution is -2.42. The number of hydrogen-bond donors (Lipinski definition) is 3. The fraction of sp³-hybridized carbons (Fsp3) is 0.391. The predicted molar refractivity (Wildman–Crippen MR) is 119 cm³/mol. The number of carbonyl (C=O) groups is 2. The molecule has 0 unspecified atom stereocenters. The highest BCUT2D eigenvalue weighted by molar-refractivity contribution is 6.72. The van der Waals surface area contributed by atoms with Crippen molar-refractivity contribution in [2.75, 3.05) is 17.2 Å². The molecule has 0 bridgehead atoms. The van der Waals surface area contributed by atoms with Crippen LogP contribution in [0.4, 0.5) is 15.5 Å². The SMILES string of the molecule is C[C@H]1[C@H]([Si](C)(C)F)[C@@H](CCO)O[C@]12C(=O)Nc1ccc(NC(=O)c3ccccc3)cc12. The first-order chi connectivity index (χ1) is 14.7. The highest BCUT2D eigenvalue weighted by Crippen LogP contribution is 2.59. The lowest BCUT2D eigenvalue weighted by atomic mass is 9.82. The van der Waals surface area contributed by atoms with Crippen molar-refractivity contribution < 1.29 is 23.5 Å². The van der Waals surface area contributed by atoms with Crippen LogP contribution in [0, 0.1) is 5.92 Å². The standard InChI is InChI=1S/C23H27FN2O4Si/c1-14-20(31(2,3)24)19(11-12-27)30-23(14)17-13-16(9-10-18(17)26-22(23)29)25-21(28)15-7-5-4-6-8-15/h4-10,13-14,19-20,27H,11-12H2,1-3H3,(H,25,28)(H,26,29)/t14-,19+,20-,23+/m0/s1. The molecule has 4 atom stereocenters. The molecule has 164 valence electrons. The predicted octanol–water partition coefficient (Wildman–Crippen LogP) is 4.05. The van der Waals surface area contributed by atoms with Gasteiger partial charge in [-0.3, -0.25) is 9.59 Å². The summed E-state index contributed by atoms with van der Waals surface area (Å²) in [6, 6.07) is 14.0. The van der Waals surface area contributed by atoms with E-state index in [1.807, 2.05) is 13.0 Å². The first-order valence-electron chi connectivity index (χ1n) is 10.5. The molecule has 2 amide bonds. The Balaban J connectivity index is 1.71. The fourth-order valence-corrected chi connectivity index (χ4v) is 7.68. The van der Waals surface area contributed by atoms with Gasteiger partial charge >= 0.3 is 0 Å². The lowest BCUT2D eigenvalue weighted by Gasteiger charge is -2.30. The molecule has 0 aliphatic carbocycles. The average molecular weight is 443 g/mol. The van der Waals surface area contributed by atoms with Crippen molar-refractivity contribution in [3.63, 3.8) is 0 Å². The van der Waals surface area contributed by atoms with Crippen molar-refractivity contribution in [2.45, 2.75) is 43.7 Å². The van der Waals surface area contributed by atoms with Gasteiger partial charge in [0.15, 0.2) is 5.60 Å². The normalized spacial score (nSPS) is 27.3. The number of ether oxygens (including phenoxy) is 1. The molecular formula is C23H27FN2O4Si. The summed E-state index contributed by atoms with van der Waals surface area (Å²) in [5.74, 6) is -1.01. The molecule has 2 aromatic carbocycles. The van der Waals surface area contributed by atoms with Crippen LogP contribution in [0.3, 0.4) is 0 Å². The molecule has 0 aromatic heterocycles. The Bertz CT molecular complexity index is 1010. The molecule has 1 saturated heterocycles. The van der Waals surface area contributed by atoms with Crippen molar-refractivity contribution in [3.8, 4) is 0 Å². The highest BCUT2D eigenvalue weighted by Gasteiger charge is 2.65. The van der Waals surface area contributed by atoms with E-state index in [4.69, 9.17) is 4.74 Å². The van der Waals surface area contributed by atoms with Gasteiger partial charge < -0.3 is 24.6 Å². The fourth-order valence-electron chi connectivity index (χ4n) is 5.13. The van der Waals surface area contributed by atoms with Crippen LogP contribution in [0.5, 0.6) is 0 Å². The maximum atomic E-state index is 15.3. The Morgan fingerprint density at radius 3 is 2.61 bits per heavy atom. The van der Waals surface area contributed by atoms with E-state index in [0.29, 0.717) is 22.5 Å². The summed E-state index contributed by atoms with van der Waals surface area (Å²) in [6.07, 6.45) is -0.282. The quantitative estimate of drug-likeness (QED) is 0.482. The minimum atomic E-state index is -3.20. The summed E-state index contributed by atoms with van der Waals surface area (Å²) in [6.45, 7) is 4.94. The largest absolute Gasteiger partial charge is 0.396 e. The number of fused-ring (bicyclic) bond motifs is 2. The van der Waals surface area contributed by atoms with E-state index < -0.39 is 31.6 Å². The monoisotopic (exact) mass is 442 g/mol. The zero-order valence-corrected chi connectivity index (χ0v) is 18.8. The number of benzene rings is 2. The van der Waals surface area contributed by atoms with Crippen molar-refractivity contribution >= 4 is 31.6 Å². The second kappa shape index (κ2) is 7.85. The number of anilines is 2. The molecular weight excluding hydrogens is 415 g/mol.